The largest absolute Gasteiger partial charge is 0.364 e. The minimum atomic E-state index is -0.346. The normalized spacial score (nSPS) is 11.1. The van der Waals surface area contributed by atoms with Crippen LogP contribution in [0.2, 0.25) is 0 Å². The highest BCUT2D eigenvalue weighted by Gasteiger charge is 2.24. The molecule has 1 aromatic heterocycles. The Morgan fingerprint density at radius 3 is 2.52 bits per heavy atom. The summed E-state index contributed by atoms with van der Waals surface area (Å²) in [6.45, 7) is 12.5. The molecule has 0 bridgehead atoms. The Balaban J connectivity index is 2.70. The van der Waals surface area contributed by atoms with Crippen molar-refractivity contribution in [2.45, 2.75) is 47.1 Å². The molecule has 0 aliphatic rings. The van der Waals surface area contributed by atoms with Gasteiger partial charge in [-0.3, -0.25) is 10.1 Å². The van der Waals surface area contributed by atoms with Crippen molar-refractivity contribution < 1.29 is 4.92 Å². The molecule has 120 valence electrons. The molecule has 21 heavy (non-hydrogen) atoms. The van der Waals surface area contributed by atoms with Gasteiger partial charge in [-0.1, -0.05) is 20.8 Å². The second-order valence-corrected chi connectivity index (χ2v) is 5.07. The quantitative estimate of drug-likeness (QED) is 0.408. The maximum atomic E-state index is 11.2. The molecule has 0 saturated heterocycles. The highest BCUT2D eigenvalue weighted by molar-refractivity contribution is 5.59. The van der Waals surface area contributed by atoms with Crippen molar-refractivity contribution >= 4 is 11.5 Å². The van der Waals surface area contributed by atoms with Crippen LogP contribution >= 0.6 is 0 Å². The van der Waals surface area contributed by atoms with Crippen molar-refractivity contribution in [3.8, 4) is 0 Å². The summed E-state index contributed by atoms with van der Waals surface area (Å²) in [6.07, 6.45) is 1.85. The van der Waals surface area contributed by atoms with Crippen molar-refractivity contribution in [2.24, 2.45) is 0 Å². The van der Waals surface area contributed by atoms with Gasteiger partial charge < -0.3 is 10.2 Å². The predicted molar refractivity (Wildman–Crippen MR) is 84.8 cm³/mol. The fourth-order valence-electron chi connectivity index (χ4n) is 2.39. The molecule has 1 N–H and O–H groups in total. The lowest BCUT2D eigenvalue weighted by atomic mass is 10.3. The first kappa shape index (κ1) is 17.4. The first-order chi connectivity index (χ1) is 10.0. The van der Waals surface area contributed by atoms with E-state index >= 15 is 0 Å². The molecule has 7 nitrogen and oxygen atoms in total. The summed E-state index contributed by atoms with van der Waals surface area (Å²) >= 11 is 0. The van der Waals surface area contributed by atoms with Crippen molar-refractivity contribution in [3.05, 3.63) is 15.8 Å². The van der Waals surface area contributed by atoms with Crippen molar-refractivity contribution in [1.82, 2.24) is 14.7 Å². The van der Waals surface area contributed by atoms with Crippen molar-refractivity contribution in [2.75, 3.05) is 31.5 Å². The molecule has 1 rings (SSSR count). The monoisotopic (exact) mass is 297 g/mol. The molecule has 0 spiro atoms. The van der Waals surface area contributed by atoms with Gasteiger partial charge in [0.25, 0.3) is 0 Å². The number of hydrogen-bond acceptors (Lipinski definition) is 5. The molecule has 0 aromatic carbocycles. The van der Waals surface area contributed by atoms with E-state index in [0.717, 1.165) is 32.5 Å². The topological polar surface area (TPSA) is 76.2 Å². The molecule has 0 radical (unpaired) electrons. The average molecular weight is 297 g/mol. The van der Waals surface area contributed by atoms with E-state index in [-0.39, 0.29) is 10.6 Å². The summed E-state index contributed by atoms with van der Waals surface area (Å²) in [6, 6.07) is 0. The number of rotatable bonds is 10. The second-order valence-electron chi connectivity index (χ2n) is 5.07. The lowest BCUT2D eigenvalue weighted by molar-refractivity contribution is -0.384. The molecule has 0 aliphatic heterocycles. The number of anilines is 1. The number of nitrogens with zero attached hydrogens (tertiary/aromatic N) is 4. The molecule has 0 fully saturated rings. The number of aryl methyl sites for hydroxylation is 2. The van der Waals surface area contributed by atoms with E-state index in [1.54, 1.807) is 11.6 Å². The molecule has 1 heterocycles. The van der Waals surface area contributed by atoms with Crippen LogP contribution in [-0.4, -0.2) is 45.8 Å². The third-order valence-electron chi connectivity index (χ3n) is 3.55. The van der Waals surface area contributed by atoms with Gasteiger partial charge in [0.1, 0.15) is 5.69 Å². The van der Waals surface area contributed by atoms with Gasteiger partial charge in [-0.2, -0.15) is 5.10 Å². The van der Waals surface area contributed by atoms with Gasteiger partial charge in [-0.15, -0.1) is 0 Å². The Labute approximate surface area is 126 Å². The number of aromatic nitrogens is 2. The second kappa shape index (κ2) is 8.61. The van der Waals surface area contributed by atoms with Gasteiger partial charge in [0.05, 0.1) is 4.92 Å². The smallest absolute Gasteiger partial charge is 0.333 e. The summed E-state index contributed by atoms with van der Waals surface area (Å²) in [5, 5.41) is 18.7. The van der Waals surface area contributed by atoms with E-state index in [1.807, 2.05) is 6.92 Å². The highest BCUT2D eigenvalue weighted by atomic mass is 16.6. The fraction of sp³-hybridized carbons (Fsp3) is 0.786. The standard InChI is InChI=1S/C14H27N5O2/c1-5-10-18-14(13(19(20)21)12(4)16-18)15-9-8-11-17(6-2)7-3/h15H,5-11H2,1-4H3. The predicted octanol–water partition coefficient (Wildman–Crippen LogP) is 2.65. The SMILES string of the molecule is CCCn1nc(C)c([N+](=O)[O-])c1NCCCN(CC)CC. The van der Waals surface area contributed by atoms with Crippen molar-refractivity contribution in [1.29, 1.82) is 0 Å². The van der Waals surface area contributed by atoms with Gasteiger partial charge in [0, 0.05) is 13.1 Å². The Hall–Kier alpha value is -1.63. The molecule has 0 unspecified atom stereocenters. The van der Waals surface area contributed by atoms with E-state index in [9.17, 15) is 10.1 Å². The summed E-state index contributed by atoms with van der Waals surface area (Å²) in [5.41, 5.74) is 0.575. The molecule has 0 saturated carbocycles. The fourth-order valence-corrected chi connectivity index (χ4v) is 2.39. The van der Waals surface area contributed by atoms with Gasteiger partial charge in [0.15, 0.2) is 0 Å². The van der Waals surface area contributed by atoms with Crippen LogP contribution < -0.4 is 5.32 Å². The van der Waals surface area contributed by atoms with Crippen LogP contribution in [-0.2, 0) is 6.54 Å². The molecule has 1 aromatic rings. The number of nitro groups is 1. The first-order valence-corrected chi connectivity index (χ1v) is 7.73. The molecule has 0 atom stereocenters. The van der Waals surface area contributed by atoms with Gasteiger partial charge >= 0.3 is 5.69 Å². The van der Waals surface area contributed by atoms with Crippen LogP contribution in [0.3, 0.4) is 0 Å². The third-order valence-corrected chi connectivity index (χ3v) is 3.55. The number of hydrogen-bond donors (Lipinski definition) is 1. The Morgan fingerprint density at radius 1 is 1.33 bits per heavy atom. The maximum absolute atomic E-state index is 11.2. The van der Waals surface area contributed by atoms with E-state index in [1.165, 1.54) is 0 Å². The van der Waals surface area contributed by atoms with Crippen LogP contribution in [0, 0.1) is 17.0 Å². The van der Waals surface area contributed by atoms with Gasteiger partial charge in [-0.25, -0.2) is 4.68 Å². The summed E-state index contributed by atoms with van der Waals surface area (Å²) < 4.78 is 1.71. The van der Waals surface area contributed by atoms with E-state index in [0.29, 0.717) is 24.6 Å². The summed E-state index contributed by atoms with van der Waals surface area (Å²) in [5.74, 6) is 0.541. The Bertz CT molecular complexity index is 454. The highest BCUT2D eigenvalue weighted by Crippen LogP contribution is 2.28. The summed E-state index contributed by atoms with van der Waals surface area (Å²) in [4.78, 5) is 13.2. The van der Waals surface area contributed by atoms with Crippen molar-refractivity contribution in [3.63, 3.8) is 0 Å². The Kier molecular flexibility index (Phi) is 7.14. The van der Waals surface area contributed by atoms with Crippen LogP contribution in [0.4, 0.5) is 11.5 Å². The number of nitrogens with one attached hydrogen (secondary N) is 1. The lowest BCUT2D eigenvalue weighted by Crippen LogP contribution is -2.25. The van der Waals surface area contributed by atoms with E-state index in [4.69, 9.17) is 0 Å². The van der Waals surface area contributed by atoms with Crippen LogP contribution in [0.25, 0.3) is 0 Å². The molecular formula is C14H27N5O2. The van der Waals surface area contributed by atoms with E-state index < -0.39 is 0 Å². The maximum Gasteiger partial charge on any atom is 0.333 e. The zero-order valence-electron chi connectivity index (χ0n) is 13.6. The summed E-state index contributed by atoms with van der Waals surface area (Å²) in [7, 11) is 0. The zero-order chi connectivity index (χ0) is 15.8. The average Bonchev–Trinajstić information content (AvgIpc) is 2.75. The molecule has 7 heteroatoms. The molecule has 0 amide bonds. The van der Waals surface area contributed by atoms with Gasteiger partial charge in [0.2, 0.25) is 5.82 Å². The zero-order valence-corrected chi connectivity index (χ0v) is 13.6. The minimum absolute atomic E-state index is 0.103. The first-order valence-electron chi connectivity index (χ1n) is 7.73. The minimum Gasteiger partial charge on any atom is -0.364 e. The third kappa shape index (κ3) is 4.70. The molecule has 0 aliphatic carbocycles. The van der Waals surface area contributed by atoms with Crippen LogP contribution in [0.1, 0.15) is 39.3 Å². The Morgan fingerprint density at radius 2 is 2.00 bits per heavy atom. The lowest BCUT2D eigenvalue weighted by Gasteiger charge is -2.17. The van der Waals surface area contributed by atoms with E-state index in [2.05, 4.69) is 29.2 Å². The van der Waals surface area contributed by atoms with Gasteiger partial charge in [-0.05, 0) is 39.4 Å². The molecular weight excluding hydrogens is 270 g/mol. The van der Waals surface area contributed by atoms with Crippen LogP contribution in [0.15, 0.2) is 0 Å². The van der Waals surface area contributed by atoms with Crippen LogP contribution in [0.5, 0.6) is 0 Å².